The Morgan fingerprint density at radius 1 is 0.938 bits per heavy atom. The number of anilines is 2. The Labute approximate surface area is 184 Å². The highest BCUT2D eigenvalue weighted by Gasteiger charge is 2.29. The van der Waals surface area contributed by atoms with Crippen LogP contribution in [0.2, 0.25) is 0 Å². The topological polar surface area (TPSA) is 130 Å². The first-order valence-corrected chi connectivity index (χ1v) is 11.2. The first-order chi connectivity index (χ1) is 15.4. The number of nitrogens with one attached hydrogen (secondary N) is 3. The molecule has 32 heavy (non-hydrogen) atoms. The van der Waals surface area contributed by atoms with Gasteiger partial charge in [-0.05, 0) is 42.5 Å². The van der Waals surface area contributed by atoms with Gasteiger partial charge in [-0.3, -0.25) is 24.3 Å². The maximum absolute atomic E-state index is 12.3. The van der Waals surface area contributed by atoms with Gasteiger partial charge in [0.05, 0.1) is 11.4 Å². The van der Waals surface area contributed by atoms with Gasteiger partial charge in [0.15, 0.2) is 0 Å². The number of aliphatic imine (C=N–C) groups is 1. The lowest BCUT2D eigenvalue weighted by molar-refractivity contribution is -0.116. The zero-order valence-electron chi connectivity index (χ0n) is 16.8. The molecule has 4 rings (SSSR count). The number of pyridine rings is 1. The second-order valence-electron chi connectivity index (χ2n) is 6.90. The van der Waals surface area contributed by atoms with Gasteiger partial charge in [0, 0.05) is 41.3 Å². The maximum Gasteiger partial charge on any atom is 0.263 e. The largest absolute Gasteiger partial charge is 0.326 e. The number of fused-ring (bicyclic) bond motifs is 1. The monoisotopic (exact) mass is 449 g/mol. The summed E-state index contributed by atoms with van der Waals surface area (Å²) < 4.78 is 26.6. The van der Waals surface area contributed by atoms with Crippen LogP contribution in [0.4, 0.5) is 11.4 Å². The van der Waals surface area contributed by atoms with E-state index < -0.39 is 10.0 Å². The lowest BCUT2D eigenvalue weighted by Gasteiger charge is -2.09. The molecule has 9 nitrogen and oxygen atoms in total. The summed E-state index contributed by atoms with van der Waals surface area (Å²) in [7, 11) is -3.61. The molecule has 3 aromatic rings. The van der Waals surface area contributed by atoms with Gasteiger partial charge in [-0.25, -0.2) is 8.42 Å². The normalized spacial score (nSPS) is 14.9. The van der Waals surface area contributed by atoms with Crippen molar-refractivity contribution < 1.29 is 18.0 Å². The number of hydrogen-bond acceptors (Lipinski definition) is 6. The van der Waals surface area contributed by atoms with E-state index in [2.05, 4.69) is 25.3 Å². The van der Waals surface area contributed by atoms with Gasteiger partial charge in [0.1, 0.15) is 5.84 Å². The molecule has 3 N–H and O–H groups in total. The number of rotatable bonds is 6. The summed E-state index contributed by atoms with van der Waals surface area (Å²) in [4.78, 5) is 32.8. The average Bonchev–Trinajstić information content (AvgIpc) is 3.05. The van der Waals surface area contributed by atoms with Gasteiger partial charge in [-0.15, -0.1) is 0 Å². The average molecular weight is 449 g/mol. The lowest BCUT2D eigenvalue weighted by atomic mass is 10.2. The highest BCUT2D eigenvalue weighted by Crippen LogP contribution is 2.22. The number of nitrogens with zero attached hydrogens (tertiary/aromatic N) is 2. The number of benzene rings is 2. The minimum atomic E-state index is -3.61. The van der Waals surface area contributed by atoms with Crippen molar-refractivity contribution in [2.45, 2.75) is 11.3 Å². The van der Waals surface area contributed by atoms with Gasteiger partial charge >= 0.3 is 0 Å². The molecule has 2 heterocycles. The van der Waals surface area contributed by atoms with Crippen molar-refractivity contribution in [2.24, 2.45) is 4.99 Å². The summed E-state index contributed by atoms with van der Waals surface area (Å²) in [5, 5.41) is 5.51. The van der Waals surface area contributed by atoms with Crippen molar-refractivity contribution >= 4 is 39.0 Å². The highest BCUT2D eigenvalue weighted by molar-refractivity contribution is 7.90. The molecule has 2 aromatic carbocycles. The van der Waals surface area contributed by atoms with Gasteiger partial charge in [0.2, 0.25) is 5.91 Å². The number of amidine groups is 1. The SMILES string of the molecule is O=C(CCN=C1NS(=O)(=O)c2ccccc21)Nc1cccc(NC(=O)c2ccncc2)c1. The Bertz CT molecular complexity index is 1310. The van der Waals surface area contributed by atoms with E-state index in [-0.39, 0.29) is 35.5 Å². The first kappa shape index (κ1) is 21.2. The molecule has 1 aliphatic heterocycles. The Hall–Kier alpha value is -4.05. The Balaban J connectivity index is 1.35. The smallest absolute Gasteiger partial charge is 0.263 e. The van der Waals surface area contributed by atoms with Crippen molar-refractivity contribution in [3.8, 4) is 0 Å². The summed E-state index contributed by atoms with van der Waals surface area (Å²) in [5.74, 6) is -0.346. The van der Waals surface area contributed by atoms with E-state index >= 15 is 0 Å². The van der Waals surface area contributed by atoms with E-state index in [4.69, 9.17) is 0 Å². The predicted octanol–water partition coefficient (Wildman–Crippen LogP) is 2.40. The number of carbonyl (C=O) groups is 2. The summed E-state index contributed by atoms with van der Waals surface area (Å²) in [6, 6.07) is 16.5. The predicted molar refractivity (Wildman–Crippen MR) is 120 cm³/mol. The molecule has 0 fully saturated rings. The summed E-state index contributed by atoms with van der Waals surface area (Å²) in [6.45, 7) is 0.108. The third kappa shape index (κ3) is 4.81. The van der Waals surface area contributed by atoms with Crippen molar-refractivity contribution in [3.63, 3.8) is 0 Å². The molecule has 0 radical (unpaired) electrons. The standard InChI is InChI=1S/C22H19N5O4S/c28-20(10-13-24-21-18-6-1-2-7-19(18)32(30,31)27-21)25-16-4-3-5-17(14-16)26-22(29)15-8-11-23-12-9-15/h1-9,11-12,14H,10,13H2,(H,24,27)(H,25,28)(H,26,29). The molecular weight excluding hydrogens is 430 g/mol. The van der Waals surface area contributed by atoms with E-state index in [9.17, 15) is 18.0 Å². The summed E-state index contributed by atoms with van der Waals surface area (Å²) >= 11 is 0. The fourth-order valence-electron chi connectivity index (χ4n) is 3.13. The molecule has 0 aliphatic carbocycles. The minimum absolute atomic E-state index is 0.0565. The van der Waals surface area contributed by atoms with Crippen LogP contribution < -0.4 is 15.4 Å². The zero-order chi connectivity index (χ0) is 22.6. The molecule has 0 saturated carbocycles. The number of amides is 2. The van der Waals surface area contributed by atoms with Crippen LogP contribution >= 0.6 is 0 Å². The first-order valence-electron chi connectivity index (χ1n) is 9.70. The van der Waals surface area contributed by atoms with Crippen LogP contribution in [-0.2, 0) is 14.8 Å². The van der Waals surface area contributed by atoms with Crippen LogP contribution in [0.25, 0.3) is 0 Å². The Kier molecular flexibility index (Phi) is 5.95. The molecule has 10 heteroatoms. The lowest BCUT2D eigenvalue weighted by Crippen LogP contribution is -2.23. The Morgan fingerprint density at radius 2 is 1.66 bits per heavy atom. The second kappa shape index (κ2) is 8.98. The van der Waals surface area contributed by atoms with Crippen LogP contribution in [0.1, 0.15) is 22.3 Å². The zero-order valence-corrected chi connectivity index (χ0v) is 17.6. The van der Waals surface area contributed by atoms with Gasteiger partial charge in [-0.1, -0.05) is 18.2 Å². The number of hydrogen-bond donors (Lipinski definition) is 3. The Morgan fingerprint density at radius 3 is 2.44 bits per heavy atom. The summed E-state index contributed by atoms with van der Waals surface area (Å²) in [6.07, 6.45) is 3.12. The van der Waals surface area contributed by atoms with Crippen molar-refractivity contribution in [1.82, 2.24) is 9.71 Å². The molecule has 0 atom stereocenters. The molecule has 0 unspecified atom stereocenters. The van der Waals surface area contributed by atoms with Crippen molar-refractivity contribution in [2.75, 3.05) is 17.2 Å². The fourth-order valence-corrected chi connectivity index (χ4v) is 4.38. The highest BCUT2D eigenvalue weighted by atomic mass is 32.2. The van der Waals surface area contributed by atoms with Gasteiger partial charge in [-0.2, -0.15) is 0 Å². The van der Waals surface area contributed by atoms with Crippen LogP contribution in [-0.4, -0.2) is 37.6 Å². The molecule has 1 aromatic heterocycles. The minimum Gasteiger partial charge on any atom is -0.326 e. The third-order valence-corrected chi connectivity index (χ3v) is 6.02. The second-order valence-corrected chi connectivity index (χ2v) is 8.55. The maximum atomic E-state index is 12.3. The quantitative estimate of drug-likeness (QED) is 0.532. The van der Waals surface area contributed by atoms with Crippen molar-refractivity contribution in [3.05, 3.63) is 84.2 Å². The number of sulfonamides is 1. The molecular formula is C22H19N5O4S. The van der Waals surface area contributed by atoms with Gasteiger partial charge < -0.3 is 10.6 Å². The van der Waals surface area contributed by atoms with Crippen LogP contribution in [0.5, 0.6) is 0 Å². The number of aromatic nitrogens is 1. The summed E-state index contributed by atoms with van der Waals surface area (Å²) in [5.41, 5.74) is 2.01. The number of carbonyl (C=O) groups excluding carboxylic acids is 2. The molecule has 2 amide bonds. The van der Waals surface area contributed by atoms with Crippen LogP contribution in [0.15, 0.2) is 82.9 Å². The third-order valence-electron chi connectivity index (χ3n) is 4.62. The van der Waals surface area contributed by atoms with E-state index in [1.54, 1.807) is 54.6 Å². The van der Waals surface area contributed by atoms with Crippen molar-refractivity contribution in [1.29, 1.82) is 0 Å². The van der Waals surface area contributed by atoms with Gasteiger partial charge in [0.25, 0.3) is 15.9 Å². The van der Waals surface area contributed by atoms with E-state index in [0.717, 1.165) is 0 Å². The molecule has 162 valence electrons. The van der Waals surface area contributed by atoms with E-state index in [0.29, 0.717) is 22.5 Å². The van der Waals surface area contributed by atoms with Crippen LogP contribution in [0, 0.1) is 0 Å². The molecule has 0 spiro atoms. The molecule has 0 bridgehead atoms. The van der Waals surface area contributed by atoms with E-state index in [1.165, 1.54) is 18.5 Å². The molecule has 0 saturated heterocycles. The molecule has 1 aliphatic rings. The fraction of sp³-hybridized carbons (Fsp3) is 0.0909. The van der Waals surface area contributed by atoms with E-state index in [1.807, 2.05) is 0 Å². The van der Waals surface area contributed by atoms with Crippen LogP contribution in [0.3, 0.4) is 0 Å².